The molecule has 1 saturated heterocycles. The average molecular weight is 411 g/mol. The molecule has 0 aliphatic carbocycles. The Morgan fingerprint density at radius 1 is 0.958 bits per heavy atom. The fourth-order valence-electron chi connectivity index (χ4n) is 2.87. The van der Waals surface area contributed by atoms with Crippen molar-refractivity contribution in [1.82, 2.24) is 0 Å². The van der Waals surface area contributed by atoms with E-state index < -0.39 is 0 Å². The van der Waals surface area contributed by atoms with Gasteiger partial charge in [-0.3, -0.25) is 0 Å². The van der Waals surface area contributed by atoms with Gasteiger partial charge in [-0.2, -0.15) is 0 Å². The minimum atomic E-state index is 0. The van der Waals surface area contributed by atoms with Gasteiger partial charge >= 0.3 is 0 Å². The van der Waals surface area contributed by atoms with Crippen LogP contribution in [0.3, 0.4) is 0 Å². The zero-order valence-electron chi connectivity index (χ0n) is 15.3. The van der Waals surface area contributed by atoms with Crippen LogP contribution in [0.15, 0.2) is 24.3 Å². The number of likely N-dealkylation sites (N-methyl/N-ethyl adjacent to an activating group) is 1. The zero-order chi connectivity index (χ0) is 16.4. The summed E-state index contributed by atoms with van der Waals surface area (Å²) in [6.45, 7) is 9.01. The topological polar surface area (TPSA) is 27.7 Å². The molecule has 0 aromatic heterocycles. The van der Waals surface area contributed by atoms with Gasteiger partial charge in [-0.15, -0.1) is 0 Å². The minimum absolute atomic E-state index is 0. The molecule has 0 amide bonds. The number of hydrogen-bond acceptors (Lipinski definition) is 3. The van der Waals surface area contributed by atoms with Gasteiger partial charge in [-0.1, -0.05) is 13.3 Å². The van der Waals surface area contributed by atoms with Crippen LogP contribution in [0.1, 0.15) is 32.6 Å². The molecule has 1 heterocycles. The molecule has 24 heavy (non-hydrogen) atoms. The third-order valence-electron chi connectivity index (χ3n) is 4.46. The molecule has 2 rings (SSSR count). The maximum atomic E-state index is 5.86. The molecule has 4 nitrogen and oxygen atoms in total. The Labute approximate surface area is 172 Å². The summed E-state index contributed by atoms with van der Waals surface area (Å²) in [4.78, 5) is 0. The van der Waals surface area contributed by atoms with Crippen molar-refractivity contribution in [1.29, 1.82) is 0 Å². The van der Waals surface area contributed by atoms with Crippen LogP contribution < -0.4 is 9.47 Å². The number of quaternary nitrogens is 1. The third-order valence-corrected chi connectivity index (χ3v) is 4.46. The summed E-state index contributed by atoms with van der Waals surface area (Å²) < 4.78 is 18.2. The van der Waals surface area contributed by atoms with E-state index in [2.05, 4.69) is 14.0 Å². The molecule has 5 heteroatoms. The molecule has 1 aliphatic heterocycles. The number of ether oxygens (including phenoxy) is 3. The van der Waals surface area contributed by atoms with Crippen LogP contribution in [0.25, 0.3) is 0 Å². The van der Waals surface area contributed by atoms with Crippen molar-refractivity contribution in [2.75, 3.05) is 53.1 Å². The summed E-state index contributed by atoms with van der Waals surface area (Å²) in [6, 6.07) is 7.98. The number of hydrogen-bond donors (Lipinski definition) is 0. The van der Waals surface area contributed by atoms with E-state index >= 15 is 0 Å². The van der Waals surface area contributed by atoms with E-state index in [1.54, 1.807) is 0 Å². The summed E-state index contributed by atoms with van der Waals surface area (Å²) in [7, 11) is 2.33. The van der Waals surface area contributed by atoms with Crippen molar-refractivity contribution in [3.63, 3.8) is 0 Å². The van der Waals surface area contributed by atoms with E-state index in [0.717, 1.165) is 81.2 Å². The van der Waals surface area contributed by atoms with E-state index in [9.17, 15) is 0 Å². The van der Waals surface area contributed by atoms with Gasteiger partial charge in [0.25, 0.3) is 0 Å². The first-order chi connectivity index (χ1) is 11.2. The first kappa shape index (κ1) is 21.9. The number of benzene rings is 1. The van der Waals surface area contributed by atoms with Crippen molar-refractivity contribution >= 4 is 0 Å². The molecule has 1 aromatic rings. The summed E-state index contributed by atoms with van der Waals surface area (Å²) in [5.41, 5.74) is 0. The van der Waals surface area contributed by atoms with Crippen molar-refractivity contribution in [3.05, 3.63) is 24.3 Å². The Bertz CT molecular complexity index is 431. The minimum Gasteiger partial charge on any atom is -0.494 e. The maximum absolute atomic E-state index is 5.86. The summed E-state index contributed by atoms with van der Waals surface area (Å²) in [6.07, 6.45) is 4.49. The molecular formula is C19H32NO3Y+. The van der Waals surface area contributed by atoms with Crippen molar-refractivity contribution in [3.8, 4) is 11.5 Å². The molecule has 1 radical (unpaired) electrons. The molecule has 1 aliphatic rings. The van der Waals surface area contributed by atoms with Crippen LogP contribution in [-0.4, -0.2) is 57.6 Å². The predicted molar refractivity (Wildman–Crippen MR) is 93.2 cm³/mol. The molecule has 1 fully saturated rings. The summed E-state index contributed by atoms with van der Waals surface area (Å²) in [5.74, 6) is 1.85. The maximum Gasteiger partial charge on any atom is 0.119 e. The van der Waals surface area contributed by atoms with E-state index in [0.29, 0.717) is 0 Å². The monoisotopic (exact) mass is 411 g/mol. The van der Waals surface area contributed by atoms with Crippen LogP contribution in [-0.2, 0) is 37.4 Å². The van der Waals surface area contributed by atoms with E-state index in [4.69, 9.17) is 14.2 Å². The average Bonchev–Trinajstić information content (AvgIpc) is 2.78. The standard InChI is InChI=1S/C19H32NO3.Y/c1-3-4-15-22-18-7-9-19(10-8-18)23-16-6-12-20(2)11-5-14-21-17-13-20;/h7-10H,3-6,11-17H2,1-2H3;/q+1;. The third kappa shape index (κ3) is 8.29. The smallest absolute Gasteiger partial charge is 0.119 e. The van der Waals surface area contributed by atoms with Gasteiger partial charge in [0, 0.05) is 45.6 Å². The second-order valence-electron chi connectivity index (χ2n) is 6.63. The molecule has 1 unspecified atom stereocenters. The van der Waals surface area contributed by atoms with Gasteiger partial charge in [0.2, 0.25) is 0 Å². The molecule has 0 spiro atoms. The number of rotatable bonds is 9. The zero-order valence-corrected chi connectivity index (χ0v) is 18.2. The molecule has 0 bridgehead atoms. The molecular weight excluding hydrogens is 379 g/mol. The van der Waals surface area contributed by atoms with Gasteiger partial charge < -0.3 is 18.7 Å². The first-order valence-electron chi connectivity index (χ1n) is 8.99. The molecule has 1 atom stereocenters. The van der Waals surface area contributed by atoms with Crippen LogP contribution in [0.4, 0.5) is 0 Å². The van der Waals surface area contributed by atoms with Crippen LogP contribution in [0.2, 0.25) is 0 Å². The Hall–Kier alpha value is -0.156. The molecule has 1 aromatic carbocycles. The van der Waals surface area contributed by atoms with Crippen molar-refractivity contribution in [2.24, 2.45) is 0 Å². The Morgan fingerprint density at radius 2 is 1.58 bits per heavy atom. The van der Waals surface area contributed by atoms with E-state index in [1.165, 1.54) is 6.54 Å². The van der Waals surface area contributed by atoms with E-state index in [-0.39, 0.29) is 32.7 Å². The SMILES string of the molecule is CCCCOc1ccc(OCCC[N+]2(C)CCCOCC2)cc1.[Y]. The van der Waals surface area contributed by atoms with Gasteiger partial charge in [-0.05, 0) is 30.7 Å². The van der Waals surface area contributed by atoms with Crippen LogP contribution in [0, 0.1) is 0 Å². The second-order valence-corrected chi connectivity index (χ2v) is 6.63. The van der Waals surface area contributed by atoms with Gasteiger partial charge in [0.15, 0.2) is 0 Å². The van der Waals surface area contributed by atoms with Gasteiger partial charge in [0.05, 0.1) is 46.6 Å². The Morgan fingerprint density at radius 3 is 2.21 bits per heavy atom. The normalized spacial score (nSPS) is 20.8. The quantitative estimate of drug-likeness (QED) is 0.460. The number of unbranched alkanes of at least 4 members (excludes halogenated alkanes) is 1. The molecule has 133 valence electrons. The summed E-state index contributed by atoms with van der Waals surface area (Å²) >= 11 is 0. The predicted octanol–water partition coefficient (Wildman–Crippen LogP) is 3.50. The van der Waals surface area contributed by atoms with Crippen molar-refractivity contribution in [2.45, 2.75) is 32.6 Å². The molecule has 0 saturated carbocycles. The van der Waals surface area contributed by atoms with Crippen LogP contribution in [0.5, 0.6) is 11.5 Å². The molecule has 0 N–H and O–H groups in total. The van der Waals surface area contributed by atoms with E-state index in [1.807, 2.05) is 24.3 Å². The van der Waals surface area contributed by atoms with Gasteiger partial charge in [0.1, 0.15) is 18.0 Å². The Kier molecular flexibility index (Phi) is 11.2. The van der Waals surface area contributed by atoms with Crippen LogP contribution >= 0.6 is 0 Å². The second kappa shape index (κ2) is 12.2. The Balaban J connectivity index is 0.00000288. The number of nitrogens with zero attached hydrogens (tertiary/aromatic N) is 1. The first-order valence-corrected chi connectivity index (χ1v) is 8.99. The van der Waals surface area contributed by atoms with Crippen molar-refractivity contribution < 1.29 is 51.4 Å². The fraction of sp³-hybridized carbons (Fsp3) is 0.684. The summed E-state index contributed by atoms with van der Waals surface area (Å²) in [5, 5.41) is 0. The largest absolute Gasteiger partial charge is 0.494 e. The fourth-order valence-corrected chi connectivity index (χ4v) is 2.87. The van der Waals surface area contributed by atoms with Gasteiger partial charge in [-0.25, -0.2) is 0 Å².